The molecule has 0 aromatic carbocycles. The molecule has 116 valence electrons. The van der Waals surface area contributed by atoms with E-state index >= 15 is 0 Å². The van der Waals surface area contributed by atoms with Gasteiger partial charge in [0.05, 0.1) is 30.0 Å². The van der Waals surface area contributed by atoms with Crippen molar-refractivity contribution < 1.29 is 9.47 Å². The number of thioether (sulfide) groups is 1. The van der Waals surface area contributed by atoms with Gasteiger partial charge in [0.25, 0.3) is 0 Å². The molecule has 0 saturated carbocycles. The van der Waals surface area contributed by atoms with Crippen molar-refractivity contribution in [3.8, 4) is 5.75 Å². The van der Waals surface area contributed by atoms with Crippen molar-refractivity contribution in [2.24, 2.45) is 0 Å². The fourth-order valence-corrected chi connectivity index (χ4v) is 3.49. The first kappa shape index (κ1) is 15.4. The summed E-state index contributed by atoms with van der Waals surface area (Å²) < 4.78 is 12.2. The quantitative estimate of drug-likeness (QED) is 0.742. The Hall–Kier alpha value is -0.530. The Morgan fingerprint density at radius 1 is 1.29 bits per heavy atom. The maximum atomic E-state index is 6.03. The van der Waals surface area contributed by atoms with E-state index in [0.29, 0.717) is 24.0 Å². The molecule has 7 heteroatoms. The maximum Gasteiger partial charge on any atom is 0.199 e. The number of hydrogen-bond acceptors (Lipinski definition) is 6. The zero-order valence-corrected chi connectivity index (χ0v) is 15.1. The van der Waals surface area contributed by atoms with Crippen LogP contribution in [0.25, 0.3) is 0 Å². The van der Waals surface area contributed by atoms with E-state index in [1.807, 2.05) is 0 Å². The first-order valence-electron chi connectivity index (χ1n) is 7.06. The van der Waals surface area contributed by atoms with Crippen molar-refractivity contribution in [3.63, 3.8) is 0 Å². The lowest BCUT2D eigenvalue weighted by Crippen LogP contribution is -2.56. The van der Waals surface area contributed by atoms with Gasteiger partial charge in [0.15, 0.2) is 16.3 Å². The molecule has 0 spiro atoms. The lowest BCUT2D eigenvalue weighted by atomic mass is 10.0. The summed E-state index contributed by atoms with van der Waals surface area (Å²) in [5.41, 5.74) is 0.948. The van der Waals surface area contributed by atoms with Gasteiger partial charge in [-0.05, 0) is 43.0 Å². The second-order valence-electron chi connectivity index (χ2n) is 5.97. The lowest BCUT2D eigenvalue weighted by Gasteiger charge is -2.45. The SMILES string of the molecule is CSC(C)(C)c1nc(Br)nc2c1OC[C@@H]1COC[C@@H](C)N21. The van der Waals surface area contributed by atoms with E-state index in [1.54, 1.807) is 11.8 Å². The maximum absolute atomic E-state index is 6.03. The highest BCUT2D eigenvalue weighted by molar-refractivity contribution is 9.10. The summed E-state index contributed by atoms with van der Waals surface area (Å²) in [6.45, 7) is 8.51. The average Bonchev–Trinajstić information content (AvgIpc) is 2.46. The van der Waals surface area contributed by atoms with Gasteiger partial charge in [-0.15, -0.1) is 0 Å². The average molecular weight is 374 g/mol. The molecule has 1 saturated heterocycles. The van der Waals surface area contributed by atoms with Crippen LogP contribution in [0.5, 0.6) is 5.75 Å². The molecule has 0 N–H and O–H groups in total. The fourth-order valence-electron chi connectivity index (χ4n) is 2.81. The Morgan fingerprint density at radius 2 is 2.05 bits per heavy atom. The van der Waals surface area contributed by atoms with Crippen LogP contribution in [0.2, 0.25) is 0 Å². The van der Waals surface area contributed by atoms with Crippen LogP contribution >= 0.6 is 27.7 Å². The molecule has 5 nitrogen and oxygen atoms in total. The van der Waals surface area contributed by atoms with E-state index < -0.39 is 0 Å². The molecule has 3 rings (SSSR count). The predicted molar refractivity (Wildman–Crippen MR) is 88.3 cm³/mol. The summed E-state index contributed by atoms with van der Waals surface area (Å²) in [6, 6.07) is 0.520. The van der Waals surface area contributed by atoms with Crippen molar-refractivity contribution in [2.45, 2.75) is 37.6 Å². The van der Waals surface area contributed by atoms with Gasteiger partial charge in [-0.2, -0.15) is 11.8 Å². The smallest absolute Gasteiger partial charge is 0.199 e. The molecule has 0 aliphatic carbocycles. The number of hydrogen-bond donors (Lipinski definition) is 0. The van der Waals surface area contributed by atoms with Crippen LogP contribution in [-0.2, 0) is 9.48 Å². The van der Waals surface area contributed by atoms with Gasteiger partial charge in [0.2, 0.25) is 0 Å². The number of ether oxygens (including phenoxy) is 2. The highest BCUT2D eigenvalue weighted by atomic mass is 79.9. The number of fused-ring (bicyclic) bond motifs is 3. The summed E-state index contributed by atoms with van der Waals surface area (Å²) in [4.78, 5) is 11.5. The topological polar surface area (TPSA) is 47.5 Å². The third-order valence-corrected chi connectivity index (χ3v) is 5.67. The number of rotatable bonds is 2. The highest BCUT2D eigenvalue weighted by Gasteiger charge is 2.39. The minimum atomic E-state index is -0.127. The summed E-state index contributed by atoms with van der Waals surface area (Å²) in [6.07, 6.45) is 2.09. The van der Waals surface area contributed by atoms with Crippen LogP contribution in [0.15, 0.2) is 4.73 Å². The van der Waals surface area contributed by atoms with Crippen LogP contribution < -0.4 is 9.64 Å². The van der Waals surface area contributed by atoms with E-state index in [0.717, 1.165) is 23.9 Å². The third-order valence-electron chi connectivity index (χ3n) is 4.10. The monoisotopic (exact) mass is 373 g/mol. The highest BCUT2D eigenvalue weighted by Crippen LogP contribution is 2.45. The number of anilines is 1. The Morgan fingerprint density at radius 3 is 2.76 bits per heavy atom. The first-order valence-corrected chi connectivity index (χ1v) is 9.08. The van der Waals surface area contributed by atoms with Gasteiger partial charge in [0, 0.05) is 0 Å². The Labute approximate surface area is 137 Å². The number of halogens is 1. The number of aromatic nitrogens is 2. The van der Waals surface area contributed by atoms with Crippen molar-refractivity contribution >= 4 is 33.5 Å². The molecule has 0 bridgehead atoms. The van der Waals surface area contributed by atoms with Gasteiger partial charge < -0.3 is 14.4 Å². The third kappa shape index (κ3) is 2.64. The molecule has 1 fully saturated rings. The van der Waals surface area contributed by atoms with E-state index in [2.05, 4.69) is 57.8 Å². The zero-order valence-electron chi connectivity index (χ0n) is 12.7. The van der Waals surface area contributed by atoms with E-state index in [4.69, 9.17) is 9.47 Å². The minimum Gasteiger partial charge on any atom is -0.486 e. The normalized spacial score (nSPS) is 25.1. The Balaban J connectivity index is 2.13. The summed E-state index contributed by atoms with van der Waals surface area (Å²) in [7, 11) is 0. The molecule has 0 radical (unpaired) electrons. The molecular weight excluding hydrogens is 354 g/mol. The molecule has 21 heavy (non-hydrogen) atoms. The van der Waals surface area contributed by atoms with Crippen LogP contribution in [0.4, 0.5) is 5.82 Å². The van der Waals surface area contributed by atoms with Crippen molar-refractivity contribution in [1.82, 2.24) is 9.97 Å². The van der Waals surface area contributed by atoms with Crippen LogP contribution in [0, 0.1) is 0 Å². The van der Waals surface area contributed by atoms with Crippen LogP contribution in [-0.4, -0.2) is 48.1 Å². The Bertz CT molecular complexity index is 555. The molecule has 2 aliphatic rings. The van der Waals surface area contributed by atoms with Gasteiger partial charge >= 0.3 is 0 Å². The number of nitrogens with zero attached hydrogens (tertiary/aromatic N) is 3. The predicted octanol–water partition coefficient (Wildman–Crippen LogP) is 2.82. The lowest BCUT2D eigenvalue weighted by molar-refractivity contribution is 0.0482. The largest absolute Gasteiger partial charge is 0.486 e. The molecule has 2 aliphatic heterocycles. The molecule has 0 amide bonds. The first-order chi connectivity index (χ1) is 9.94. The van der Waals surface area contributed by atoms with E-state index in [1.165, 1.54) is 0 Å². The molecule has 2 atom stereocenters. The summed E-state index contributed by atoms with van der Waals surface area (Å²) in [5.74, 6) is 1.71. The molecule has 0 unspecified atom stereocenters. The van der Waals surface area contributed by atoms with Gasteiger partial charge in [0.1, 0.15) is 12.3 Å². The molecular formula is C14H20BrN3O2S. The van der Waals surface area contributed by atoms with E-state index in [9.17, 15) is 0 Å². The zero-order chi connectivity index (χ0) is 15.2. The second-order valence-corrected chi connectivity index (χ2v) is 8.11. The van der Waals surface area contributed by atoms with Crippen molar-refractivity contribution in [2.75, 3.05) is 31.0 Å². The van der Waals surface area contributed by atoms with Crippen molar-refractivity contribution in [1.29, 1.82) is 0 Å². The van der Waals surface area contributed by atoms with Crippen LogP contribution in [0.3, 0.4) is 0 Å². The summed E-state index contributed by atoms with van der Waals surface area (Å²) in [5, 5.41) is 0. The molecule has 1 aromatic heterocycles. The second kappa shape index (κ2) is 5.59. The van der Waals surface area contributed by atoms with Gasteiger partial charge in [-0.1, -0.05) is 0 Å². The number of morpholine rings is 1. The standard InChI is InChI=1S/C14H20BrN3O2S/c1-8-5-19-6-9-7-20-10-11(14(2,3)21-4)16-13(15)17-12(10)18(8)9/h8-9H,5-7H2,1-4H3/t8-,9+/m1/s1. The van der Waals surface area contributed by atoms with Gasteiger partial charge in [-0.25, -0.2) is 9.97 Å². The van der Waals surface area contributed by atoms with E-state index in [-0.39, 0.29) is 10.8 Å². The van der Waals surface area contributed by atoms with Crippen LogP contribution in [0.1, 0.15) is 26.5 Å². The fraction of sp³-hybridized carbons (Fsp3) is 0.714. The molecule has 3 heterocycles. The minimum absolute atomic E-state index is 0.127. The molecule has 1 aromatic rings. The Kier molecular flexibility index (Phi) is 4.09. The van der Waals surface area contributed by atoms with Crippen molar-refractivity contribution in [3.05, 3.63) is 10.4 Å². The summed E-state index contributed by atoms with van der Waals surface area (Å²) >= 11 is 5.21. The van der Waals surface area contributed by atoms with Gasteiger partial charge in [-0.3, -0.25) is 0 Å².